The van der Waals surface area contributed by atoms with Crippen molar-refractivity contribution >= 4 is 5.97 Å². The van der Waals surface area contributed by atoms with Crippen molar-refractivity contribution in [1.82, 2.24) is 4.57 Å². The highest BCUT2D eigenvalue weighted by Gasteiger charge is 2.57. The van der Waals surface area contributed by atoms with E-state index >= 15 is 0 Å². The molecular weight excluding hydrogens is 150 g/mol. The molecule has 1 heterocycles. The van der Waals surface area contributed by atoms with Crippen LogP contribution in [0.15, 0.2) is 9.59 Å². The van der Waals surface area contributed by atoms with Crippen molar-refractivity contribution in [3.8, 4) is 0 Å². The quantitative estimate of drug-likeness (QED) is 0.536. The Bertz CT molecular complexity index is 366. The number of nitrogens with zero attached hydrogens (tertiary/aromatic N) is 1. The van der Waals surface area contributed by atoms with Gasteiger partial charge in [-0.25, -0.2) is 9.36 Å². The minimum atomic E-state index is -1.14. The van der Waals surface area contributed by atoms with Crippen molar-refractivity contribution in [3.05, 3.63) is 20.7 Å². The molecule has 2 rings (SSSR count). The number of aliphatic carboxylic acids is 1. The van der Waals surface area contributed by atoms with Gasteiger partial charge in [0.25, 0.3) is 0 Å². The van der Waals surface area contributed by atoms with E-state index in [9.17, 15) is 14.4 Å². The molecule has 0 spiro atoms. The molecule has 0 unspecified atom stereocenters. The average molecular weight is 155 g/mol. The molecule has 1 fully saturated rings. The lowest BCUT2D eigenvalue weighted by Crippen LogP contribution is -2.26. The zero-order valence-corrected chi connectivity index (χ0v) is 5.53. The van der Waals surface area contributed by atoms with Crippen LogP contribution in [0.5, 0.6) is 0 Å². The summed E-state index contributed by atoms with van der Waals surface area (Å²) in [5.41, 5.74) is -2.47. The summed E-state index contributed by atoms with van der Waals surface area (Å²) < 4.78 is 0.829. The Morgan fingerprint density at radius 2 is 1.82 bits per heavy atom. The zero-order chi connectivity index (χ0) is 8.22. The SMILES string of the molecule is O=C(O)C1(n2c(=O)c2=O)CC1. The van der Waals surface area contributed by atoms with Gasteiger partial charge in [-0.05, 0) is 12.8 Å². The van der Waals surface area contributed by atoms with E-state index in [0.717, 1.165) is 4.57 Å². The minimum absolute atomic E-state index is 0.403. The third-order valence-corrected chi connectivity index (χ3v) is 2.09. The van der Waals surface area contributed by atoms with Gasteiger partial charge >= 0.3 is 17.1 Å². The molecule has 1 N–H and O–H groups in total. The highest BCUT2D eigenvalue weighted by atomic mass is 16.4. The van der Waals surface area contributed by atoms with E-state index in [-0.39, 0.29) is 0 Å². The molecule has 0 aliphatic heterocycles. The van der Waals surface area contributed by atoms with Crippen LogP contribution in [0.4, 0.5) is 0 Å². The Labute approximate surface area is 60.6 Å². The van der Waals surface area contributed by atoms with Crippen LogP contribution in [-0.4, -0.2) is 15.6 Å². The summed E-state index contributed by atoms with van der Waals surface area (Å²) in [5, 5.41) is 8.60. The van der Waals surface area contributed by atoms with Crippen LogP contribution < -0.4 is 11.1 Å². The van der Waals surface area contributed by atoms with Gasteiger partial charge in [-0.15, -0.1) is 0 Å². The maximum atomic E-state index is 10.5. The number of carboxylic acids is 1. The molecule has 0 saturated heterocycles. The monoisotopic (exact) mass is 155 g/mol. The second-order valence-electron chi connectivity index (χ2n) is 2.78. The van der Waals surface area contributed by atoms with Crippen LogP contribution in [0.25, 0.3) is 0 Å². The van der Waals surface area contributed by atoms with Gasteiger partial charge in [0, 0.05) is 0 Å². The van der Waals surface area contributed by atoms with E-state index < -0.39 is 22.6 Å². The smallest absolute Gasteiger partial charge is 0.330 e. The number of aromatic nitrogens is 1. The van der Waals surface area contributed by atoms with Crippen LogP contribution in [0.3, 0.4) is 0 Å². The zero-order valence-electron chi connectivity index (χ0n) is 5.53. The summed E-state index contributed by atoms with van der Waals surface area (Å²) in [4.78, 5) is 31.6. The Morgan fingerprint density at radius 1 is 1.36 bits per heavy atom. The molecule has 5 heteroatoms. The van der Waals surface area contributed by atoms with E-state index in [2.05, 4.69) is 0 Å². The van der Waals surface area contributed by atoms with Crippen LogP contribution in [0.2, 0.25) is 0 Å². The summed E-state index contributed by atoms with van der Waals surface area (Å²) in [7, 11) is 0. The summed E-state index contributed by atoms with van der Waals surface area (Å²) in [6.45, 7) is 0. The van der Waals surface area contributed by atoms with Crippen molar-refractivity contribution < 1.29 is 9.90 Å². The van der Waals surface area contributed by atoms with E-state index in [0.29, 0.717) is 12.8 Å². The van der Waals surface area contributed by atoms with Gasteiger partial charge in [0.15, 0.2) is 0 Å². The molecule has 1 saturated carbocycles. The molecule has 0 bridgehead atoms. The summed E-state index contributed by atoms with van der Waals surface area (Å²) in [6, 6.07) is 0. The number of rotatable bonds is 2. The molecule has 11 heavy (non-hydrogen) atoms. The average Bonchev–Trinajstić information content (AvgIpc) is 2.75. The van der Waals surface area contributed by atoms with Gasteiger partial charge in [-0.3, -0.25) is 9.59 Å². The minimum Gasteiger partial charge on any atom is -0.479 e. The predicted octanol–water partition coefficient (Wildman–Crippen LogP) is -1.34. The van der Waals surface area contributed by atoms with Gasteiger partial charge in [0.2, 0.25) is 0 Å². The normalized spacial score (nSPS) is 20.4. The maximum Gasteiger partial charge on any atom is 0.330 e. The largest absolute Gasteiger partial charge is 0.479 e. The second-order valence-corrected chi connectivity index (χ2v) is 2.78. The molecule has 0 atom stereocenters. The fourth-order valence-corrected chi connectivity index (χ4v) is 1.18. The lowest BCUT2D eigenvalue weighted by Gasteiger charge is -2.01. The summed E-state index contributed by atoms with van der Waals surface area (Å²) >= 11 is 0. The Kier molecular flexibility index (Phi) is 0.828. The molecule has 0 aromatic carbocycles. The van der Waals surface area contributed by atoms with Gasteiger partial charge < -0.3 is 5.11 Å². The fourth-order valence-electron chi connectivity index (χ4n) is 1.18. The maximum absolute atomic E-state index is 10.5. The van der Waals surface area contributed by atoms with Crippen molar-refractivity contribution in [2.45, 2.75) is 18.4 Å². The molecule has 58 valence electrons. The lowest BCUT2D eigenvalue weighted by atomic mass is 10.3. The van der Waals surface area contributed by atoms with Crippen molar-refractivity contribution in [1.29, 1.82) is 0 Å². The van der Waals surface area contributed by atoms with Crippen LogP contribution in [0, 0.1) is 0 Å². The van der Waals surface area contributed by atoms with Crippen molar-refractivity contribution in [3.63, 3.8) is 0 Å². The predicted molar refractivity (Wildman–Crippen MR) is 34.2 cm³/mol. The molecule has 0 radical (unpaired) electrons. The Balaban J connectivity index is 2.45. The van der Waals surface area contributed by atoms with Crippen LogP contribution in [0.1, 0.15) is 12.8 Å². The first-order valence-corrected chi connectivity index (χ1v) is 3.21. The number of carboxylic acid groups (broad SMARTS) is 1. The molecule has 5 nitrogen and oxygen atoms in total. The summed E-state index contributed by atoms with van der Waals surface area (Å²) in [6.07, 6.45) is 0.805. The molecular formula is C6H5NO4. The van der Waals surface area contributed by atoms with Gasteiger partial charge in [0.1, 0.15) is 5.54 Å². The molecule has 0 amide bonds. The molecule has 1 aliphatic carbocycles. The van der Waals surface area contributed by atoms with Gasteiger partial charge in [-0.2, -0.15) is 0 Å². The molecule has 1 aliphatic rings. The number of hydrogen-bond donors (Lipinski definition) is 1. The van der Waals surface area contributed by atoms with Crippen LogP contribution in [-0.2, 0) is 10.3 Å². The first-order chi connectivity index (χ1) is 5.09. The Morgan fingerprint density at radius 3 is 1.91 bits per heavy atom. The number of hydrogen-bond acceptors (Lipinski definition) is 3. The third kappa shape index (κ3) is 0.574. The topological polar surface area (TPSA) is 76.4 Å². The van der Waals surface area contributed by atoms with Crippen molar-refractivity contribution in [2.75, 3.05) is 0 Å². The third-order valence-electron chi connectivity index (χ3n) is 2.09. The van der Waals surface area contributed by atoms with Gasteiger partial charge in [-0.1, -0.05) is 0 Å². The number of carbonyl (C=O) groups is 1. The Hall–Kier alpha value is -1.39. The van der Waals surface area contributed by atoms with E-state index in [1.54, 1.807) is 0 Å². The highest BCUT2D eigenvalue weighted by Crippen LogP contribution is 2.42. The van der Waals surface area contributed by atoms with Gasteiger partial charge in [0.05, 0.1) is 0 Å². The first-order valence-electron chi connectivity index (χ1n) is 3.21. The summed E-state index contributed by atoms with van der Waals surface area (Å²) in [5.74, 6) is -1.07. The van der Waals surface area contributed by atoms with Crippen molar-refractivity contribution in [2.24, 2.45) is 0 Å². The molecule has 1 aromatic rings. The van der Waals surface area contributed by atoms with E-state index in [1.807, 2.05) is 0 Å². The molecule has 1 aromatic heterocycles. The standard InChI is InChI=1S/C6H5NO4/c8-3-4(9)7(3)6(1-2-6)5(10)11/h1-2H2,(H,10,11). The van der Waals surface area contributed by atoms with E-state index in [4.69, 9.17) is 5.11 Å². The fraction of sp³-hybridized carbons (Fsp3) is 0.500. The second kappa shape index (κ2) is 1.44. The highest BCUT2D eigenvalue weighted by molar-refractivity contribution is 5.80. The first kappa shape index (κ1) is 6.33. The van der Waals surface area contributed by atoms with Crippen LogP contribution >= 0.6 is 0 Å². The van der Waals surface area contributed by atoms with E-state index in [1.165, 1.54) is 0 Å². The lowest BCUT2D eigenvalue weighted by molar-refractivity contribution is -0.142.